The number of aromatic nitrogens is 2. The lowest BCUT2D eigenvalue weighted by atomic mass is 9.90. The smallest absolute Gasteiger partial charge is 0.277 e. The van der Waals surface area contributed by atoms with Crippen LogP contribution in [0.25, 0.3) is 10.8 Å². The number of halogens is 1. The second-order valence-electron chi connectivity index (χ2n) is 6.47. The van der Waals surface area contributed by atoms with Crippen LogP contribution in [0.5, 0.6) is 0 Å². The lowest BCUT2D eigenvalue weighted by molar-refractivity contribution is 0.101. The first-order chi connectivity index (χ1) is 12.6. The molecule has 0 N–H and O–H groups in total. The normalized spacial score (nSPS) is 16.5. The molecule has 3 aromatic rings. The summed E-state index contributed by atoms with van der Waals surface area (Å²) in [7, 11) is 0. The third kappa shape index (κ3) is 3.59. The third-order valence-corrected chi connectivity index (χ3v) is 6.49. The molecule has 0 unspecified atom stereocenters. The first kappa shape index (κ1) is 17.4. The Kier molecular flexibility index (Phi) is 4.91. The molecule has 134 valence electrons. The maximum absolute atomic E-state index is 13.7. The first-order valence-electron chi connectivity index (χ1n) is 8.46. The number of nitrogens with zero attached hydrogens (tertiary/aromatic N) is 2. The molecule has 2 heterocycles. The van der Waals surface area contributed by atoms with Crippen LogP contribution in [-0.4, -0.2) is 21.7 Å². The number of fused-ring (bicyclic) bond motifs is 1. The number of thiophene rings is 1. The van der Waals surface area contributed by atoms with Crippen LogP contribution in [0.1, 0.15) is 34.1 Å². The van der Waals surface area contributed by atoms with Crippen molar-refractivity contribution in [3.63, 3.8) is 0 Å². The van der Waals surface area contributed by atoms with Crippen LogP contribution in [-0.2, 0) is 12.8 Å². The molecule has 0 amide bonds. The van der Waals surface area contributed by atoms with Crippen molar-refractivity contribution in [3.8, 4) is 10.8 Å². The summed E-state index contributed by atoms with van der Waals surface area (Å²) < 4.78 is 19.3. The van der Waals surface area contributed by atoms with Crippen LogP contribution in [0.2, 0.25) is 0 Å². The molecule has 0 fully saturated rings. The lowest BCUT2D eigenvalue weighted by Gasteiger charge is -2.16. The number of hydrogen-bond donors (Lipinski definition) is 0. The number of carbonyl (C=O) groups is 1. The molecule has 0 spiro atoms. The Hall–Kier alpha value is -1.99. The van der Waals surface area contributed by atoms with Gasteiger partial charge in [-0.15, -0.1) is 21.5 Å². The van der Waals surface area contributed by atoms with Crippen LogP contribution in [0.3, 0.4) is 0 Å². The second-order valence-corrected chi connectivity index (χ2v) is 8.54. The van der Waals surface area contributed by atoms with E-state index in [-0.39, 0.29) is 17.1 Å². The van der Waals surface area contributed by atoms with E-state index in [2.05, 4.69) is 23.2 Å². The van der Waals surface area contributed by atoms with E-state index in [1.807, 2.05) is 0 Å². The van der Waals surface area contributed by atoms with Gasteiger partial charge in [0.1, 0.15) is 5.82 Å². The zero-order valence-corrected chi connectivity index (χ0v) is 15.8. The summed E-state index contributed by atoms with van der Waals surface area (Å²) in [6.07, 6.45) is 3.42. The summed E-state index contributed by atoms with van der Waals surface area (Å²) in [4.78, 5) is 14.5. The highest BCUT2D eigenvalue weighted by atomic mass is 32.2. The molecular formula is C19H17FN2O2S2. The zero-order valence-electron chi connectivity index (χ0n) is 14.2. The minimum atomic E-state index is -0.511. The largest absolute Gasteiger partial charge is 0.410 e. The Morgan fingerprint density at radius 3 is 3.08 bits per heavy atom. The molecule has 1 aliphatic rings. The Balaban J connectivity index is 1.44. The Morgan fingerprint density at radius 2 is 2.23 bits per heavy atom. The standard InChI is InChI=1S/C19H17FN2O2S2/c1-11-6-7-16-12(8-11)9-17(26-16)18-21-22-19(24-18)25-10-15(23)13-4-2-3-5-14(13)20/h2-5,9,11H,6-8,10H2,1H3/t11-/m0/s1. The second kappa shape index (κ2) is 7.32. The van der Waals surface area contributed by atoms with Crippen LogP contribution >= 0.6 is 23.1 Å². The van der Waals surface area contributed by atoms with E-state index in [1.54, 1.807) is 23.5 Å². The average molecular weight is 388 g/mol. The lowest BCUT2D eigenvalue weighted by Crippen LogP contribution is -2.07. The molecule has 2 aromatic heterocycles. The molecule has 7 heteroatoms. The van der Waals surface area contributed by atoms with Crippen LogP contribution in [0.4, 0.5) is 4.39 Å². The maximum Gasteiger partial charge on any atom is 0.277 e. The summed E-state index contributed by atoms with van der Waals surface area (Å²) >= 11 is 2.84. The Labute approximate surface area is 158 Å². The van der Waals surface area contributed by atoms with Crippen molar-refractivity contribution in [1.82, 2.24) is 10.2 Å². The number of benzene rings is 1. The molecule has 4 nitrogen and oxygen atoms in total. The van der Waals surface area contributed by atoms with Gasteiger partial charge in [-0.05, 0) is 48.9 Å². The highest BCUT2D eigenvalue weighted by molar-refractivity contribution is 7.99. The van der Waals surface area contributed by atoms with E-state index >= 15 is 0 Å². The summed E-state index contributed by atoms with van der Waals surface area (Å²) in [5, 5.41) is 8.44. The zero-order chi connectivity index (χ0) is 18.1. The van der Waals surface area contributed by atoms with Gasteiger partial charge < -0.3 is 4.42 Å². The summed E-state index contributed by atoms with van der Waals surface area (Å²) in [6.45, 7) is 2.27. The van der Waals surface area contributed by atoms with Crippen molar-refractivity contribution in [2.75, 3.05) is 5.75 Å². The predicted molar refractivity (Wildman–Crippen MR) is 100 cm³/mol. The molecular weight excluding hydrogens is 371 g/mol. The number of Topliss-reactive ketones (excluding diaryl/α,β-unsaturated/α-hetero) is 1. The van der Waals surface area contributed by atoms with E-state index in [0.29, 0.717) is 17.0 Å². The minimum Gasteiger partial charge on any atom is -0.410 e. The SMILES string of the molecule is C[C@H]1CCc2sc(-c3nnc(SCC(=O)c4ccccc4F)o3)cc2C1. The van der Waals surface area contributed by atoms with Crippen molar-refractivity contribution < 1.29 is 13.6 Å². The van der Waals surface area contributed by atoms with Gasteiger partial charge in [0.15, 0.2) is 5.78 Å². The highest BCUT2D eigenvalue weighted by Gasteiger charge is 2.21. The maximum atomic E-state index is 13.7. The van der Waals surface area contributed by atoms with Crippen molar-refractivity contribution in [1.29, 1.82) is 0 Å². The highest BCUT2D eigenvalue weighted by Crippen LogP contribution is 2.37. The molecule has 1 aromatic carbocycles. The molecule has 4 rings (SSSR count). The van der Waals surface area contributed by atoms with Crippen molar-refractivity contribution >= 4 is 28.9 Å². The number of thioether (sulfide) groups is 1. The van der Waals surface area contributed by atoms with Gasteiger partial charge in [0.2, 0.25) is 0 Å². The Bertz CT molecular complexity index is 951. The van der Waals surface area contributed by atoms with Gasteiger partial charge in [-0.25, -0.2) is 4.39 Å². The van der Waals surface area contributed by atoms with Crippen molar-refractivity contribution in [2.45, 2.75) is 31.4 Å². The molecule has 0 radical (unpaired) electrons. The first-order valence-corrected chi connectivity index (χ1v) is 10.3. The molecule has 0 bridgehead atoms. The number of rotatable bonds is 5. The fourth-order valence-corrected chi connectivity index (χ4v) is 4.85. The molecule has 0 saturated heterocycles. The third-order valence-electron chi connectivity index (χ3n) is 4.45. The van der Waals surface area contributed by atoms with Gasteiger partial charge in [-0.3, -0.25) is 4.79 Å². The quantitative estimate of drug-likeness (QED) is 0.453. The van der Waals surface area contributed by atoms with Crippen LogP contribution < -0.4 is 0 Å². The number of aryl methyl sites for hydroxylation is 1. The molecule has 0 aliphatic heterocycles. The van der Waals surface area contributed by atoms with Gasteiger partial charge in [0.25, 0.3) is 11.1 Å². The van der Waals surface area contributed by atoms with Crippen LogP contribution in [0, 0.1) is 11.7 Å². The monoisotopic (exact) mass is 388 g/mol. The number of ketones is 1. The van der Waals surface area contributed by atoms with E-state index in [1.165, 1.54) is 29.0 Å². The molecule has 1 aliphatic carbocycles. The van der Waals surface area contributed by atoms with E-state index in [4.69, 9.17) is 4.42 Å². The predicted octanol–water partition coefficient (Wildman–Crippen LogP) is 5.04. The van der Waals surface area contributed by atoms with E-state index in [9.17, 15) is 9.18 Å². The summed E-state index contributed by atoms with van der Waals surface area (Å²) in [6, 6.07) is 8.11. The van der Waals surface area contributed by atoms with Crippen LogP contribution in [0.15, 0.2) is 40.0 Å². The fourth-order valence-electron chi connectivity index (χ4n) is 3.07. The summed E-state index contributed by atoms with van der Waals surface area (Å²) in [5.74, 6) is 0.443. The fraction of sp³-hybridized carbons (Fsp3) is 0.316. The Morgan fingerprint density at radius 1 is 1.38 bits per heavy atom. The number of hydrogen-bond acceptors (Lipinski definition) is 6. The van der Waals surface area contributed by atoms with E-state index in [0.717, 1.165) is 29.5 Å². The molecule has 26 heavy (non-hydrogen) atoms. The molecule has 0 saturated carbocycles. The molecule has 1 atom stereocenters. The average Bonchev–Trinajstić information content (AvgIpc) is 3.26. The van der Waals surface area contributed by atoms with Gasteiger partial charge in [-0.1, -0.05) is 30.8 Å². The minimum absolute atomic E-state index is 0.0566. The summed E-state index contributed by atoms with van der Waals surface area (Å²) in [5.41, 5.74) is 1.46. The van der Waals surface area contributed by atoms with Gasteiger partial charge in [-0.2, -0.15) is 0 Å². The van der Waals surface area contributed by atoms with Crippen molar-refractivity contribution in [3.05, 3.63) is 52.2 Å². The van der Waals surface area contributed by atoms with Crippen molar-refractivity contribution in [2.24, 2.45) is 5.92 Å². The van der Waals surface area contributed by atoms with Gasteiger partial charge in [0.05, 0.1) is 16.2 Å². The van der Waals surface area contributed by atoms with Gasteiger partial charge in [0, 0.05) is 4.88 Å². The number of carbonyl (C=O) groups excluding carboxylic acids is 1. The topological polar surface area (TPSA) is 56.0 Å². The van der Waals surface area contributed by atoms with E-state index < -0.39 is 5.82 Å². The van der Waals surface area contributed by atoms with Gasteiger partial charge >= 0.3 is 0 Å².